The minimum Gasteiger partial charge on any atom is -0.479 e. The van der Waals surface area contributed by atoms with Crippen LogP contribution in [0.25, 0.3) is 6.08 Å². The SMILES string of the molecule is C=CC(=O)Nc1ccc(C)cc1.C=Cc1ccc(C(=O)OCC(=O)O)cc1. The molecular formula is C21H21NO5. The second-order valence-electron chi connectivity index (χ2n) is 5.36. The fourth-order valence-electron chi connectivity index (χ4n) is 1.80. The minimum absolute atomic E-state index is 0.182. The lowest BCUT2D eigenvalue weighted by atomic mass is 10.1. The van der Waals surface area contributed by atoms with E-state index in [4.69, 9.17) is 5.11 Å². The van der Waals surface area contributed by atoms with Gasteiger partial charge in [-0.25, -0.2) is 9.59 Å². The molecule has 27 heavy (non-hydrogen) atoms. The normalized spacial score (nSPS) is 9.22. The van der Waals surface area contributed by atoms with Crippen molar-refractivity contribution in [3.05, 3.63) is 84.5 Å². The maximum atomic E-state index is 11.2. The molecule has 0 saturated carbocycles. The number of anilines is 1. The van der Waals surface area contributed by atoms with Crippen LogP contribution in [0.15, 0.2) is 67.8 Å². The Kier molecular flexibility index (Phi) is 8.74. The predicted octanol–water partition coefficient (Wildman–Crippen LogP) is 3.69. The molecule has 2 N–H and O–H groups in total. The average molecular weight is 367 g/mol. The predicted molar refractivity (Wildman–Crippen MR) is 104 cm³/mol. The maximum absolute atomic E-state index is 11.2. The lowest BCUT2D eigenvalue weighted by Gasteiger charge is -2.01. The number of esters is 1. The number of hydrogen-bond acceptors (Lipinski definition) is 4. The summed E-state index contributed by atoms with van der Waals surface area (Å²) in [6.45, 7) is 8.31. The van der Waals surface area contributed by atoms with Crippen molar-refractivity contribution in [3.63, 3.8) is 0 Å². The molecule has 0 aliphatic carbocycles. The quantitative estimate of drug-likeness (QED) is 0.600. The number of aryl methyl sites for hydroxylation is 1. The van der Waals surface area contributed by atoms with E-state index in [9.17, 15) is 14.4 Å². The number of carboxylic acid groups (broad SMARTS) is 1. The lowest BCUT2D eigenvalue weighted by molar-refractivity contribution is -0.140. The maximum Gasteiger partial charge on any atom is 0.341 e. The second-order valence-corrected chi connectivity index (χ2v) is 5.36. The molecule has 0 aliphatic heterocycles. The second kappa shape index (κ2) is 11.0. The van der Waals surface area contributed by atoms with E-state index in [0.717, 1.165) is 11.3 Å². The molecule has 0 unspecified atom stereocenters. The number of aliphatic carboxylic acids is 1. The fraction of sp³-hybridized carbons (Fsp3) is 0.0952. The molecule has 0 atom stereocenters. The van der Waals surface area contributed by atoms with Gasteiger partial charge in [0, 0.05) is 5.69 Å². The van der Waals surface area contributed by atoms with Gasteiger partial charge in [0.25, 0.3) is 0 Å². The zero-order valence-corrected chi connectivity index (χ0v) is 15.0. The molecule has 0 aliphatic rings. The highest BCUT2D eigenvalue weighted by Gasteiger charge is 2.08. The van der Waals surface area contributed by atoms with Crippen LogP contribution in [0.5, 0.6) is 0 Å². The summed E-state index contributed by atoms with van der Waals surface area (Å²) in [5.74, 6) is -2.00. The summed E-state index contributed by atoms with van der Waals surface area (Å²) in [5.41, 5.74) is 3.17. The van der Waals surface area contributed by atoms with Gasteiger partial charge in [-0.15, -0.1) is 0 Å². The van der Waals surface area contributed by atoms with Gasteiger partial charge >= 0.3 is 11.9 Å². The molecule has 2 aromatic rings. The van der Waals surface area contributed by atoms with E-state index >= 15 is 0 Å². The van der Waals surface area contributed by atoms with Crippen molar-refractivity contribution in [1.29, 1.82) is 0 Å². The summed E-state index contributed by atoms with van der Waals surface area (Å²) in [7, 11) is 0. The number of ether oxygens (including phenoxy) is 1. The Morgan fingerprint density at radius 1 is 1.04 bits per heavy atom. The van der Waals surface area contributed by atoms with E-state index in [-0.39, 0.29) is 5.91 Å². The van der Waals surface area contributed by atoms with Crippen molar-refractivity contribution in [2.75, 3.05) is 11.9 Å². The van der Waals surface area contributed by atoms with Crippen molar-refractivity contribution < 1.29 is 24.2 Å². The van der Waals surface area contributed by atoms with Crippen LogP contribution in [0.2, 0.25) is 0 Å². The Morgan fingerprint density at radius 3 is 2.11 bits per heavy atom. The third-order valence-corrected chi connectivity index (χ3v) is 3.21. The Morgan fingerprint density at radius 2 is 1.63 bits per heavy atom. The number of hydrogen-bond donors (Lipinski definition) is 2. The summed E-state index contributed by atoms with van der Waals surface area (Å²) in [4.78, 5) is 32.2. The number of amides is 1. The molecule has 0 aromatic heterocycles. The molecule has 0 spiro atoms. The topological polar surface area (TPSA) is 92.7 Å². The van der Waals surface area contributed by atoms with Crippen molar-refractivity contribution in [3.8, 4) is 0 Å². The van der Waals surface area contributed by atoms with Crippen molar-refractivity contribution in [2.45, 2.75) is 6.92 Å². The number of carbonyl (C=O) groups excluding carboxylic acids is 2. The molecule has 2 aromatic carbocycles. The summed E-state index contributed by atoms with van der Waals surface area (Å²) in [6, 6.07) is 14.1. The van der Waals surface area contributed by atoms with Crippen LogP contribution < -0.4 is 5.32 Å². The first kappa shape index (κ1) is 21.4. The van der Waals surface area contributed by atoms with Crippen LogP contribution in [0.3, 0.4) is 0 Å². The molecule has 0 fully saturated rings. The standard InChI is InChI=1S/C11H10O4.C10H11NO/c1-2-8-3-5-9(6-4-8)11(14)15-7-10(12)13;1-3-10(12)11-9-6-4-8(2)5-7-9/h2-6H,1,7H2,(H,12,13);3-7H,1H2,2H3,(H,11,12). The van der Waals surface area contributed by atoms with Gasteiger partial charge in [-0.1, -0.05) is 49.1 Å². The summed E-state index contributed by atoms with van der Waals surface area (Å²) < 4.78 is 4.50. The highest BCUT2D eigenvalue weighted by molar-refractivity contribution is 5.98. The van der Waals surface area contributed by atoms with E-state index in [2.05, 4.69) is 23.2 Å². The summed E-state index contributed by atoms with van der Waals surface area (Å²) in [5, 5.41) is 11.0. The largest absolute Gasteiger partial charge is 0.479 e. The molecule has 0 saturated heterocycles. The van der Waals surface area contributed by atoms with Gasteiger partial charge in [0.2, 0.25) is 5.91 Å². The first-order valence-electron chi connectivity index (χ1n) is 7.97. The highest BCUT2D eigenvalue weighted by Crippen LogP contribution is 2.08. The molecule has 140 valence electrons. The third-order valence-electron chi connectivity index (χ3n) is 3.21. The van der Waals surface area contributed by atoms with E-state index in [1.165, 1.54) is 11.6 Å². The molecule has 0 bridgehead atoms. The van der Waals surface area contributed by atoms with Gasteiger partial charge in [0.1, 0.15) is 0 Å². The number of benzene rings is 2. The van der Waals surface area contributed by atoms with E-state index in [0.29, 0.717) is 5.56 Å². The van der Waals surface area contributed by atoms with Gasteiger partial charge in [-0.3, -0.25) is 4.79 Å². The Balaban J connectivity index is 0.000000277. The van der Waals surface area contributed by atoms with Gasteiger partial charge < -0.3 is 15.2 Å². The molecule has 2 rings (SSSR count). The van der Waals surface area contributed by atoms with Crippen molar-refractivity contribution in [2.24, 2.45) is 0 Å². The van der Waals surface area contributed by atoms with Gasteiger partial charge in [0.05, 0.1) is 5.56 Å². The third kappa shape index (κ3) is 8.31. The minimum atomic E-state index is -1.17. The van der Waals surface area contributed by atoms with E-state index in [1.807, 2.05) is 31.2 Å². The van der Waals surface area contributed by atoms with Crippen LogP contribution in [-0.2, 0) is 14.3 Å². The van der Waals surface area contributed by atoms with Crippen LogP contribution in [0, 0.1) is 6.92 Å². The van der Waals surface area contributed by atoms with Crippen LogP contribution in [0.4, 0.5) is 5.69 Å². The zero-order valence-electron chi connectivity index (χ0n) is 15.0. The fourth-order valence-corrected chi connectivity index (χ4v) is 1.80. The molecule has 1 amide bonds. The average Bonchev–Trinajstić information content (AvgIpc) is 2.68. The molecule has 0 radical (unpaired) electrons. The van der Waals surface area contributed by atoms with Crippen molar-refractivity contribution >= 4 is 29.6 Å². The monoisotopic (exact) mass is 367 g/mol. The van der Waals surface area contributed by atoms with Crippen LogP contribution in [0.1, 0.15) is 21.5 Å². The van der Waals surface area contributed by atoms with Crippen molar-refractivity contribution in [1.82, 2.24) is 0 Å². The molecule has 6 heteroatoms. The smallest absolute Gasteiger partial charge is 0.341 e. The first-order valence-corrected chi connectivity index (χ1v) is 7.97. The number of carbonyl (C=O) groups is 3. The Labute approximate surface area is 157 Å². The first-order chi connectivity index (χ1) is 12.8. The van der Waals surface area contributed by atoms with Gasteiger partial charge in [-0.05, 0) is 42.8 Å². The molecule has 6 nitrogen and oxygen atoms in total. The van der Waals surface area contributed by atoms with Gasteiger partial charge in [-0.2, -0.15) is 0 Å². The summed E-state index contributed by atoms with van der Waals surface area (Å²) in [6.07, 6.45) is 2.90. The van der Waals surface area contributed by atoms with Crippen LogP contribution in [-0.4, -0.2) is 29.6 Å². The van der Waals surface area contributed by atoms with E-state index < -0.39 is 18.5 Å². The molecular weight excluding hydrogens is 346 g/mol. The Hall–Kier alpha value is -3.67. The highest BCUT2D eigenvalue weighted by atomic mass is 16.5. The number of carboxylic acids is 1. The summed E-state index contributed by atoms with van der Waals surface area (Å²) >= 11 is 0. The van der Waals surface area contributed by atoms with Crippen LogP contribution >= 0.6 is 0 Å². The number of rotatable bonds is 6. The molecule has 0 heterocycles. The van der Waals surface area contributed by atoms with Gasteiger partial charge in [0.15, 0.2) is 6.61 Å². The lowest BCUT2D eigenvalue weighted by Crippen LogP contribution is -2.12. The Bertz CT molecular complexity index is 807. The van der Waals surface area contributed by atoms with E-state index in [1.54, 1.807) is 30.3 Å². The zero-order chi connectivity index (χ0) is 20.2. The number of nitrogens with one attached hydrogen (secondary N) is 1.